The van der Waals surface area contributed by atoms with Crippen LogP contribution in [0.4, 0.5) is 5.82 Å². The Balaban J connectivity index is 1.85. The van der Waals surface area contributed by atoms with E-state index in [1.807, 2.05) is 29.6 Å². The van der Waals surface area contributed by atoms with Crippen molar-refractivity contribution in [3.63, 3.8) is 0 Å². The molecule has 0 saturated carbocycles. The molecule has 1 amide bonds. The highest BCUT2D eigenvalue weighted by atomic mass is 35.5. The molecule has 2 aromatic heterocycles. The minimum absolute atomic E-state index is 0.230. The standard InChI is InChI=1S/C13H9ClN4OS/c14-11-9-3-1-2-4-10(9)12(16-15-11)17-18-13(19)8-5-6-20-7-8/h1-7H,(H,16,17)(H,18,19). The SMILES string of the molecule is O=C(NNc1nnc(Cl)c2ccccc12)c1ccsc1. The second-order valence-electron chi connectivity index (χ2n) is 3.98. The van der Waals surface area contributed by atoms with E-state index in [-0.39, 0.29) is 5.91 Å². The highest BCUT2D eigenvalue weighted by Crippen LogP contribution is 2.25. The van der Waals surface area contributed by atoms with Gasteiger partial charge in [-0.15, -0.1) is 10.2 Å². The predicted octanol–water partition coefficient (Wildman–Crippen LogP) is 3.10. The Morgan fingerprint density at radius 3 is 2.70 bits per heavy atom. The number of anilines is 1. The summed E-state index contributed by atoms with van der Waals surface area (Å²) in [7, 11) is 0. The lowest BCUT2D eigenvalue weighted by Crippen LogP contribution is -2.29. The molecule has 1 aromatic carbocycles. The third kappa shape index (κ3) is 2.43. The average molecular weight is 305 g/mol. The van der Waals surface area contributed by atoms with Crippen molar-refractivity contribution in [3.05, 3.63) is 51.8 Å². The highest BCUT2D eigenvalue weighted by molar-refractivity contribution is 7.08. The minimum Gasteiger partial charge on any atom is -0.280 e. The molecule has 7 heteroatoms. The number of thiophene rings is 1. The van der Waals surface area contributed by atoms with Gasteiger partial charge in [0.2, 0.25) is 0 Å². The van der Waals surface area contributed by atoms with E-state index in [1.54, 1.807) is 11.4 Å². The van der Waals surface area contributed by atoms with Gasteiger partial charge in [0, 0.05) is 16.2 Å². The van der Waals surface area contributed by atoms with Gasteiger partial charge in [0.25, 0.3) is 5.91 Å². The maximum absolute atomic E-state index is 11.8. The van der Waals surface area contributed by atoms with Gasteiger partial charge in [-0.2, -0.15) is 11.3 Å². The summed E-state index contributed by atoms with van der Waals surface area (Å²) in [6.07, 6.45) is 0. The first-order valence-corrected chi connectivity index (χ1v) is 7.07. The van der Waals surface area contributed by atoms with Crippen molar-refractivity contribution in [1.82, 2.24) is 15.6 Å². The van der Waals surface area contributed by atoms with Crippen molar-refractivity contribution in [1.29, 1.82) is 0 Å². The second-order valence-corrected chi connectivity index (χ2v) is 5.11. The number of benzene rings is 1. The number of hydrogen-bond donors (Lipinski definition) is 2. The normalized spacial score (nSPS) is 10.4. The zero-order valence-electron chi connectivity index (χ0n) is 10.1. The van der Waals surface area contributed by atoms with Gasteiger partial charge in [-0.05, 0) is 11.4 Å². The summed E-state index contributed by atoms with van der Waals surface area (Å²) in [6.45, 7) is 0. The summed E-state index contributed by atoms with van der Waals surface area (Å²) in [5.41, 5.74) is 5.95. The van der Waals surface area contributed by atoms with Gasteiger partial charge in [-0.25, -0.2) is 0 Å². The van der Waals surface area contributed by atoms with Crippen LogP contribution >= 0.6 is 22.9 Å². The third-order valence-corrected chi connectivity index (χ3v) is 3.68. The lowest BCUT2D eigenvalue weighted by atomic mass is 10.2. The molecule has 0 aliphatic carbocycles. The average Bonchev–Trinajstić information content (AvgIpc) is 3.01. The molecule has 0 aliphatic heterocycles. The van der Waals surface area contributed by atoms with Crippen molar-refractivity contribution in [2.75, 3.05) is 5.43 Å². The van der Waals surface area contributed by atoms with Crippen LogP contribution in [0.15, 0.2) is 41.1 Å². The molecule has 0 radical (unpaired) electrons. The molecular formula is C13H9ClN4OS. The Hall–Kier alpha value is -2.18. The largest absolute Gasteiger partial charge is 0.280 e. The fourth-order valence-electron chi connectivity index (χ4n) is 1.75. The molecule has 3 aromatic rings. The van der Waals surface area contributed by atoms with Crippen LogP contribution in [0.3, 0.4) is 0 Å². The van der Waals surface area contributed by atoms with E-state index in [9.17, 15) is 4.79 Å². The number of aromatic nitrogens is 2. The van der Waals surface area contributed by atoms with E-state index in [1.165, 1.54) is 11.3 Å². The lowest BCUT2D eigenvalue weighted by molar-refractivity contribution is 0.0963. The van der Waals surface area contributed by atoms with Gasteiger partial charge >= 0.3 is 0 Å². The maximum atomic E-state index is 11.8. The number of halogens is 1. The van der Waals surface area contributed by atoms with Crippen molar-refractivity contribution in [3.8, 4) is 0 Å². The Kier molecular flexibility index (Phi) is 3.49. The summed E-state index contributed by atoms with van der Waals surface area (Å²) < 4.78 is 0. The number of rotatable bonds is 3. The van der Waals surface area contributed by atoms with E-state index in [0.29, 0.717) is 16.5 Å². The molecule has 20 heavy (non-hydrogen) atoms. The first-order valence-electron chi connectivity index (χ1n) is 5.75. The Labute approximate surface area is 123 Å². The van der Waals surface area contributed by atoms with Gasteiger partial charge in [0.1, 0.15) is 0 Å². The van der Waals surface area contributed by atoms with Crippen molar-refractivity contribution in [2.45, 2.75) is 0 Å². The summed E-state index contributed by atoms with van der Waals surface area (Å²) in [4.78, 5) is 11.8. The monoisotopic (exact) mass is 304 g/mol. The summed E-state index contributed by atoms with van der Waals surface area (Å²) >= 11 is 7.45. The van der Waals surface area contributed by atoms with Crippen molar-refractivity contribution < 1.29 is 4.79 Å². The van der Waals surface area contributed by atoms with E-state index in [2.05, 4.69) is 21.0 Å². The molecule has 0 bridgehead atoms. The number of fused-ring (bicyclic) bond motifs is 1. The van der Waals surface area contributed by atoms with Crippen molar-refractivity contribution >= 4 is 45.4 Å². The van der Waals surface area contributed by atoms with Gasteiger partial charge in [-0.3, -0.25) is 15.6 Å². The number of amides is 1. The van der Waals surface area contributed by atoms with Crippen LogP contribution in [0.5, 0.6) is 0 Å². The van der Waals surface area contributed by atoms with E-state index in [0.717, 1.165) is 10.8 Å². The van der Waals surface area contributed by atoms with E-state index in [4.69, 9.17) is 11.6 Å². The molecule has 0 aliphatic rings. The van der Waals surface area contributed by atoms with Crippen LogP contribution in [0, 0.1) is 0 Å². The lowest BCUT2D eigenvalue weighted by Gasteiger charge is -2.09. The molecule has 0 spiro atoms. The molecule has 2 N–H and O–H groups in total. The quantitative estimate of drug-likeness (QED) is 0.730. The van der Waals surface area contributed by atoms with Gasteiger partial charge < -0.3 is 0 Å². The molecule has 0 fully saturated rings. The third-order valence-electron chi connectivity index (χ3n) is 2.72. The molecule has 0 atom stereocenters. The van der Waals surface area contributed by atoms with Crippen LogP contribution in [-0.2, 0) is 0 Å². The number of carbonyl (C=O) groups excluding carboxylic acids is 1. The van der Waals surface area contributed by atoms with Crippen molar-refractivity contribution in [2.24, 2.45) is 0 Å². The van der Waals surface area contributed by atoms with Gasteiger partial charge in [0.05, 0.1) is 5.56 Å². The fraction of sp³-hybridized carbons (Fsp3) is 0. The molecule has 0 saturated heterocycles. The van der Waals surface area contributed by atoms with E-state index < -0.39 is 0 Å². The maximum Gasteiger partial charge on any atom is 0.270 e. The second kappa shape index (κ2) is 5.44. The van der Waals surface area contributed by atoms with E-state index >= 15 is 0 Å². The Morgan fingerprint density at radius 2 is 1.95 bits per heavy atom. The topological polar surface area (TPSA) is 66.9 Å². The molecular weight excluding hydrogens is 296 g/mol. The fourth-order valence-corrected chi connectivity index (χ4v) is 2.58. The summed E-state index contributed by atoms with van der Waals surface area (Å²) in [6, 6.07) is 9.18. The number of carbonyl (C=O) groups is 1. The Morgan fingerprint density at radius 1 is 1.15 bits per heavy atom. The van der Waals surface area contributed by atoms with Crippen LogP contribution in [0.2, 0.25) is 5.15 Å². The van der Waals surface area contributed by atoms with Crippen LogP contribution < -0.4 is 10.9 Å². The van der Waals surface area contributed by atoms with Crippen LogP contribution in [-0.4, -0.2) is 16.1 Å². The number of hydrogen-bond acceptors (Lipinski definition) is 5. The molecule has 3 rings (SSSR count). The minimum atomic E-state index is -0.230. The number of hydrazine groups is 1. The number of nitrogens with one attached hydrogen (secondary N) is 2. The molecule has 100 valence electrons. The smallest absolute Gasteiger partial charge is 0.270 e. The van der Waals surface area contributed by atoms with Crippen LogP contribution in [0.25, 0.3) is 10.8 Å². The summed E-state index contributed by atoms with van der Waals surface area (Å²) in [5.74, 6) is 0.223. The highest BCUT2D eigenvalue weighted by Gasteiger charge is 2.09. The predicted molar refractivity (Wildman–Crippen MR) is 80.0 cm³/mol. The molecule has 2 heterocycles. The molecule has 5 nitrogen and oxygen atoms in total. The van der Waals surface area contributed by atoms with Gasteiger partial charge in [-0.1, -0.05) is 35.9 Å². The summed E-state index contributed by atoms with van der Waals surface area (Å²) in [5, 5.41) is 13.3. The zero-order chi connectivity index (χ0) is 13.9. The van der Waals surface area contributed by atoms with Crippen LogP contribution in [0.1, 0.15) is 10.4 Å². The Bertz CT molecular complexity index is 760. The zero-order valence-corrected chi connectivity index (χ0v) is 11.7. The first kappa shape index (κ1) is 12.8. The van der Waals surface area contributed by atoms with Gasteiger partial charge in [0.15, 0.2) is 11.0 Å². The molecule has 0 unspecified atom stereocenters. The first-order chi connectivity index (χ1) is 9.75. The number of nitrogens with zero attached hydrogens (tertiary/aromatic N) is 2.